The first-order valence-corrected chi connectivity index (χ1v) is 11.1. The molecule has 0 unspecified atom stereocenters. The number of nitrogens with one attached hydrogen (secondary N) is 2. The number of halogens is 1. The maximum Gasteiger partial charge on any atom is 0.264 e. The number of carbonyl (C=O) groups is 1. The van der Waals surface area contributed by atoms with Gasteiger partial charge < -0.3 is 0 Å². The molecule has 3 aromatic carbocycles. The number of benzene rings is 3. The number of hydrogen-bond donors (Lipinski definition) is 2. The molecule has 150 valence electrons. The minimum Gasteiger partial charge on any atom is -0.280 e. The highest BCUT2D eigenvalue weighted by molar-refractivity contribution is 7.92. The van der Waals surface area contributed by atoms with Gasteiger partial charge in [-0.15, -0.1) is 0 Å². The molecule has 3 rings (SSSR count). The van der Waals surface area contributed by atoms with Crippen LogP contribution in [0.4, 0.5) is 10.1 Å². The van der Waals surface area contributed by atoms with Gasteiger partial charge in [0.2, 0.25) is 0 Å². The minimum absolute atomic E-state index is 0.0997. The molecule has 0 radical (unpaired) electrons. The Hall–Kier alpha value is -3.24. The summed E-state index contributed by atoms with van der Waals surface area (Å²) in [6.07, 6.45) is 0. The summed E-state index contributed by atoms with van der Waals surface area (Å²) in [4.78, 5) is 11.7. The van der Waals surface area contributed by atoms with Crippen molar-refractivity contribution in [2.75, 3.05) is 4.72 Å². The predicted molar refractivity (Wildman–Crippen MR) is 105 cm³/mol. The van der Waals surface area contributed by atoms with Crippen LogP contribution in [0.5, 0.6) is 0 Å². The standard InChI is InChI=1S/C19H15FN2O5S2/c20-15-6-10-17(11-7-15)28(24,25)21-16-8-12-18(13-9-16)29(26,27)22-19(23)14-4-2-1-3-5-14/h1-13,21H,(H,22,23). The van der Waals surface area contributed by atoms with Gasteiger partial charge in [-0.3, -0.25) is 9.52 Å². The Bertz CT molecular complexity index is 1230. The van der Waals surface area contributed by atoms with Crippen molar-refractivity contribution in [3.05, 3.63) is 90.2 Å². The van der Waals surface area contributed by atoms with Crippen LogP contribution in [-0.4, -0.2) is 22.7 Å². The van der Waals surface area contributed by atoms with Gasteiger partial charge in [0.15, 0.2) is 0 Å². The fraction of sp³-hybridized carbons (Fsp3) is 0. The highest BCUT2D eigenvalue weighted by atomic mass is 32.2. The van der Waals surface area contributed by atoms with Gasteiger partial charge in [-0.25, -0.2) is 25.9 Å². The van der Waals surface area contributed by atoms with Crippen molar-refractivity contribution in [3.63, 3.8) is 0 Å². The van der Waals surface area contributed by atoms with Gasteiger partial charge in [0, 0.05) is 11.3 Å². The van der Waals surface area contributed by atoms with Crippen molar-refractivity contribution < 1.29 is 26.0 Å². The van der Waals surface area contributed by atoms with Crippen molar-refractivity contribution in [3.8, 4) is 0 Å². The lowest BCUT2D eigenvalue weighted by Crippen LogP contribution is -2.30. The number of rotatable bonds is 6. The monoisotopic (exact) mass is 434 g/mol. The molecule has 2 N–H and O–H groups in total. The van der Waals surface area contributed by atoms with Crippen molar-refractivity contribution >= 4 is 31.6 Å². The molecule has 0 bridgehead atoms. The van der Waals surface area contributed by atoms with E-state index in [0.29, 0.717) is 0 Å². The summed E-state index contributed by atoms with van der Waals surface area (Å²) in [5, 5.41) is 0. The van der Waals surface area contributed by atoms with E-state index in [-0.39, 0.29) is 21.0 Å². The third-order valence-corrected chi connectivity index (χ3v) is 6.55. The minimum atomic E-state index is -4.14. The van der Waals surface area contributed by atoms with Gasteiger partial charge in [-0.05, 0) is 60.7 Å². The SMILES string of the molecule is O=C(NS(=O)(=O)c1ccc(NS(=O)(=O)c2ccc(F)cc2)cc1)c1ccccc1. The van der Waals surface area contributed by atoms with Crippen LogP contribution in [0.15, 0.2) is 88.7 Å². The molecule has 0 heterocycles. The highest BCUT2D eigenvalue weighted by Gasteiger charge is 2.19. The van der Waals surface area contributed by atoms with Crippen LogP contribution in [-0.2, 0) is 20.0 Å². The Kier molecular flexibility index (Phi) is 5.66. The van der Waals surface area contributed by atoms with Crippen LogP contribution >= 0.6 is 0 Å². The Morgan fingerprint density at radius 1 is 0.690 bits per heavy atom. The van der Waals surface area contributed by atoms with Gasteiger partial charge in [0.25, 0.3) is 26.0 Å². The number of anilines is 1. The quantitative estimate of drug-likeness (QED) is 0.620. The number of carbonyl (C=O) groups excluding carboxylic acids is 1. The third-order valence-electron chi connectivity index (χ3n) is 3.80. The first kappa shape index (κ1) is 20.5. The Balaban J connectivity index is 1.75. The van der Waals surface area contributed by atoms with E-state index in [1.54, 1.807) is 18.2 Å². The summed E-state index contributed by atoms with van der Waals surface area (Å²) in [5.41, 5.74) is 0.280. The fourth-order valence-electron chi connectivity index (χ4n) is 2.36. The van der Waals surface area contributed by atoms with E-state index in [4.69, 9.17) is 0 Å². The molecule has 0 saturated carbocycles. The van der Waals surface area contributed by atoms with Crippen molar-refractivity contribution in [1.82, 2.24) is 4.72 Å². The number of sulfonamides is 2. The molecular weight excluding hydrogens is 419 g/mol. The Labute approximate surface area is 167 Å². The van der Waals surface area contributed by atoms with Gasteiger partial charge in [-0.1, -0.05) is 18.2 Å². The van der Waals surface area contributed by atoms with Crippen molar-refractivity contribution in [2.24, 2.45) is 0 Å². The fourth-order valence-corrected chi connectivity index (χ4v) is 4.39. The zero-order valence-corrected chi connectivity index (χ0v) is 16.4. The smallest absolute Gasteiger partial charge is 0.264 e. The topological polar surface area (TPSA) is 109 Å². The molecule has 10 heteroatoms. The van der Waals surface area contributed by atoms with Gasteiger partial charge in [0.05, 0.1) is 9.79 Å². The van der Waals surface area contributed by atoms with Crippen LogP contribution in [0, 0.1) is 5.82 Å². The van der Waals surface area contributed by atoms with E-state index in [9.17, 15) is 26.0 Å². The second kappa shape index (κ2) is 8.02. The molecule has 7 nitrogen and oxygen atoms in total. The summed E-state index contributed by atoms with van der Waals surface area (Å²) >= 11 is 0. The summed E-state index contributed by atoms with van der Waals surface area (Å²) in [6.45, 7) is 0. The summed E-state index contributed by atoms with van der Waals surface area (Å²) < 4.78 is 66.5. The number of hydrogen-bond acceptors (Lipinski definition) is 5. The molecule has 0 spiro atoms. The molecule has 29 heavy (non-hydrogen) atoms. The first-order valence-electron chi connectivity index (χ1n) is 8.18. The van der Waals surface area contributed by atoms with Crippen LogP contribution in [0.1, 0.15) is 10.4 Å². The highest BCUT2D eigenvalue weighted by Crippen LogP contribution is 2.19. The maximum absolute atomic E-state index is 13.0. The molecular formula is C19H15FN2O5S2. The van der Waals surface area contributed by atoms with E-state index in [0.717, 1.165) is 36.4 Å². The maximum atomic E-state index is 13.0. The molecule has 0 aliphatic heterocycles. The lowest BCUT2D eigenvalue weighted by atomic mass is 10.2. The normalized spacial score (nSPS) is 11.6. The van der Waals surface area contributed by atoms with Gasteiger partial charge in [0.1, 0.15) is 5.82 Å². The van der Waals surface area contributed by atoms with Gasteiger partial charge in [-0.2, -0.15) is 0 Å². The molecule has 0 aromatic heterocycles. The first-order chi connectivity index (χ1) is 13.7. The van der Waals surface area contributed by atoms with E-state index in [1.807, 2.05) is 4.72 Å². The second-order valence-electron chi connectivity index (χ2n) is 5.88. The summed E-state index contributed by atoms with van der Waals surface area (Å²) in [6, 6.07) is 16.9. The van der Waals surface area contributed by atoms with Crippen molar-refractivity contribution in [1.29, 1.82) is 0 Å². The summed E-state index contributed by atoms with van der Waals surface area (Å²) in [5.74, 6) is -1.36. The lowest BCUT2D eigenvalue weighted by molar-refractivity contribution is 0.0981. The molecule has 3 aromatic rings. The molecule has 0 aliphatic rings. The van der Waals surface area contributed by atoms with E-state index in [1.165, 1.54) is 24.3 Å². The van der Waals surface area contributed by atoms with E-state index >= 15 is 0 Å². The third kappa shape index (κ3) is 4.98. The molecule has 0 saturated heterocycles. The Morgan fingerprint density at radius 2 is 1.21 bits per heavy atom. The zero-order chi connectivity index (χ0) is 21.1. The Morgan fingerprint density at radius 3 is 1.79 bits per heavy atom. The molecule has 0 fully saturated rings. The zero-order valence-electron chi connectivity index (χ0n) is 14.7. The van der Waals surface area contributed by atoms with Gasteiger partial charge >= 0.3 is 0 Å². The second-order valence-corrected chi connectivity index (χ2v) is 9.25. The largest absolute Gasteiger partial charge is 0.280 e. The van der Waals surface area contributed by atoms with Crippen LogP contribution in [0.2, 0.25) is 0 Å². The number of amides is 1. The van der Waals surface area contributed by atoms with Crippen molar-refractivity contribution in [2.45, 2.75) is 9.79 Å². The van der Waals surface area contributed by atoms with Crippen LogP contribution < -0.4 is 9.44 Å². The molecule has 0 atom stereocenters. The lowest BCUT2D eigenvalue weighted by Gasteiger charge is -2.10. The average Bonchev–Trinajstić information content (AvgIpc) is 2.69. The van der Waals surface area contributed by atoms with Crippen LogP contribution in [0.3, 0.4) is 0 Å². The molecule has 1 amide bonds. The van der Waals surface area contributed by atoms with Crippen LogP contribution in [0.25, 0.3) is 0 Å². The van der Waals surface area contributed by atoms with E-state index < -0.39 is 31.8 Å². The summed E-state index contributed by atoms with van der Waals surface area (Å²) in [7, 11) is -8.11. The predicted octanol–water partition coefficient (Wildman–Crippen LogP) is 2.75. The molecule has 0 aliphatic carbocycles. The average molecular weight is 434 g/mol. The van der Waals surface area contributed by atoms with E-state index in [2.05, 4.69) is 4.72 Å².